The first-order valence-corrected chi connectivity index (χ1v) is 8.11. The van der Waals surface area contributed by atoms with Crippen molar-refractivity contribution < 1.29 is 19.6 Å². The minimum Gasteiger partial charge on any atom is -0.481 e. The quantitative estimate of drug-likeness (QED) is 0.518. The fourth-order valence-corrected chi connectivity index (χ4v) is 2.66. The Bertz CT molecular complexity index is 789. The van der Waals surface area contributed by atoms with Gasteiger partial charge in [-0.15, -0.1) is 0 Å². The van der Waals surface area contributed by atoms with E-state index in [-0.39, 0.29) is 31.1 Å². The van der Waals surface area contributed by atoms with Gasteiger partial charge in [-0.25, -0.2) is 0 Å². The van der Waals surface area contributed by atoms with Gasteiger partial charge in [0, 0.05) is 19.5 Å². The standard InChI is InChI=1S/C17H20N4O5/c1-2-17(16(23)24,13-6-4-3-5-7-13)12-18-15(22)8-9-20-11-14(10-19-20)21(25)26/h3-7,10-11H,2,8-9,12H2,1H3,(H,18,22)(H,23,24). The smallest absolute Gasteiger partial charge is 0.315 e. The average Bonchev–Trinajstić information content (AvgIpc) is 3.11. The number of carbonyl (C=O) groups is 2. The molecule has 1 aromatic heterocycles. The summed E-state index contributed by atoms with van der Waals surface area (Å²) >= 11 is 0. The van der Waals surface area contributed by atoms with Crippen molar-refractivity contribution >= 4 is 17.6 Å². The van der Waals surface area contributed by atoms with Crippen LogP contribution in [0.4, 0.5) is 5.69 Å². The zero-order chi connectivity index (χ0) is 19.2. The summed E-state index contributed by atoms with van der Waals surface area (Å²) in [7, 11) is 0. The van der Waals surface area contributed by atoms with Crippen molar-refractivity contribution in [2.45, 2.75) is 31.7 Å². The Balaban J connectivity index is 1.98. The summed E-state index contributed by atoms with van der Waals surface area (Å²) in [5, 5.41) is 26.8. The molecule has 0 radical (unpaired) electrons. The van der Waals surface area contributed by atoms with Crippen LogP contribution in [0.1, 0.15) is 25.3 Å². The van der Waals surface area contributed by atoms with E-state index >= 15 is 0 Å². The molecule has 26 heavy (non-hydrogen) atoms. The zero-order valence-electron chi connectivity index (χ0n) is 14.3. The summed E-state index contributed by atoms with van der Waals surface area (Å²) in [6.45, 7) is 1.88. The second-order valence-corrected chi connectivity index (χ2v) is 5.85. The molecule has 2 N–H and O–H groups in total. The number of nitro groups is 1. The third kappa shape index (κ3) is 4.24. The van der Waals surface area contributed by atoms with Gasteiger partial charge in [0.15, 0.2) is 0 Å². The third-order valence-corrected chi connectivity index (χ3v) is 4.33. The van der Waals surface area contributed by atoms with Crippen LogP contribution in [0.5, 0.6) is 0 Å². The van der Waals surface area contributed by atoms with Crippen LogP contribution in [0.15, 0.2) is 42.7 Å². The Labute approximate surface area is 149 Å². The molecule has 9 nitrogen and oxygen atoms in total. The molecule has 2 rings (SSSR count). The predicted molar refractivity (Wildman–Crippen MR) is 92.6 cm³/mol. The van der Waals surface area contributed by atoms with Crippen molar-refractivity contribution in [3.63, 3.8) is 0 Å². The van der Waals surface area contributed by atoms with E-state index < -0.39 is 16.3 Å². The number of aliphatic carboxylic acids is 1. The SMILES string of the molecule is CCC(CNC(=O)CCn1cc([N+](=O)[O-])cn1)(C(=O)O)c1ccccc1. The molecular formula is C17H20N4O5. The summed E-state index contributed by atoms with van der Waals surface area (Å²) in [5.41, 5.74) is -0.732. The molecule has 0 spiro atoms. The number of aromatic nitrogens is 2. The number of carboxylic acids is 1. The van der Waals surface area contributed by atoms with Gasteiger partial charge in [-0.05, 0) is 12.0 Å². The van der Waals surface area contributed by atoms with E-state index in [9.17, 15) is 24.8 Å². The van der Waals surface area contributed by atoms with Gasteiger partial charge in [-0.3, -0.25) is 24.4 Å². The Hall–Kier alpha value is -3.23. The molecule has 138 valence electrons. The number of nitrogens with zero attached hydrogens (tertiary/aromatic N) is 3. The number of carbonyl (C=O) groups excluding carboxylic acids is 1. The van der Waals surface area contributed by atoms with Gasteiger partial charge in [0.05, 0.1) is 4.92 Å². The average molecular weight is 360 g/mol. The van der Waals surface area contributed by atoms with Crippen LogP contribution in [0.2, 0.25) is 0 Å². The topological polar surface area (TPSA) is 127 Å². The van der Waals surface area contributed by atoms with Crippen LogP contribution in [0.25, 0.3) is 0 Å². The normalized spacial score (nSPS) is 13.0. The summed E-state index contributed by atoms with van der Waals surface area (Å²) in [4.78, 5) is 34.0. The van der Waals surface area contributed by atoms with E-state index in [1.165, 1.54) is 10.9 Å². The zero-order valence-corrected chi connectivity index (χ0v) is 14.3. The van der Waals surface area contributed by atoms with Gasteiger partial charge in [0.2, 0.25) is 5.91 Å². The number of aryl methyl sites for hydroxylation is 1. The number of benzene rings is 1. The molecule has 0 aliphatic heterocycles. The number of rotatable bonds is 9. The monoisotopic (exact) mass is 360 g/mol. The lowest BCUT2D eigenvalue weighted by Gasteiger charge is -2.29. The first-order valence-electron chi connectivity index (χ1n) is 8.11. The molecule has 0 aliphatic carbocycles. The van der Waals surface area contributed by atoms with Crippen molar-refractivity contribution in [3.8, 4) is 0 Å². The minimum absolute atomic E-state index is 0.0348. The van der Waals surface area contributed by atoms with Crippen molar-refractivity contribution in [2.75, 3.05) is 6.54 Å². The second kappa shape index (κ2) is 8.24. The number of hydrogen-bond acceptors (Lipinski definition) is 5. The highest BCUT2D eigenvalue weighted by Gasteiger charge is 2.38. The Kier molecular flexibility index (Phi) is 6.05. The lowest BCUT2D eigenvalue weighted by molar-refractivity contribution is -0.385. The summed E-state index contributed by atoms with van der Waals surface area (Å²) in [6, 6.07) is 8.77. The van der Waals surface area contributed by atoms with Crippen LogP contribution >= 0.6 is 0 Å². The lowest BCUT2D eigenvalue weighted by atomic mass is 9.78. The van der Waals surface area contributed by atoms with Gasteiger partial charge in [0.1, 0.15) is 17.8 Å². The second-order valence-electron chi connectivity index (χ2n) is 5.85. The van der Waals surface area contributed by atoms with E-state index in [1.807, 2.05) is 0 Å². The Morgan fingerprint density at radius 1 is 1.35 bits per heavy atom. The number of amides is 1. The maximum Gasteiger partial charge on any atom is 0.315 e. The molecule has 1 atom stereocenters. The maximum atomic E-state index is 12.1. The number of carboxylic acid groups (broad SMARTS) is 1. The molecule has 0 aliphatic rings. The maximum absolute atomic E-state index is 12.1. The van der Waals surface area contributed by atoms with Crippen molar-refractivity contribution in [2.24, 2.45) is 0 Å². The van der Waals surface area contributed by atoms with E-state index in [2.05, 4.69) is 10.4 Å². The van der Waals surface area contributed by atoms with Crippen LogP contribution in [0.3, 0.4) is 0 Å². The predicted octanol–water partition coefficient (Wildman–Crippen LogP) is 1.73. The van der Waals surface area contributed by atoms with Crippen LogP contribution in [-0.4, -0.2) is 38.2 Å². The molecule has 2 aromatic rings. The number of nitrogens with one attached hydrogen (secondary N) is 1. The fourth-order valence-electron chi connectivity index (χ4n) is 2.66. The van der Waals surface area contributed by atoms with Crippen LogP contribution in [0, 0.1) is 10.1 Å². The van der Waals surface area contributed by atoms with Crippen molar-refractivity contribution in [3.05, 3.63) is 58.4 Å². The van der Waals surface area contributed by atoms with Gasteiger partial charge < -0.3 is 10.4 Å². The molecule has 1 unspecified atom stereocenters. The van der Waals surface area contributed by atoms with Gasteiger partial charge in [-0.2, -0.15) is 5.10 Å². The fraction of sp³-hybridized carbons (Fsp3) is 0.353. The molecule has 0 fully saturated rings. The van der Waals surface area contributed by atoms with Gasteiger partial charge in [0.25, 0.3) is 0 Å². The molecule has 9 heteroatoms. The largest absolute Gasteiger partial charge is 0.481 e. The highest BCUT2D eigenvalue weighted by atomic mass is 16.6. The highest BCUT2D eigenvalue weighted by Crippen LogP contribution is 2.27. The summed E-state index contributed by atoms with van der Waals surface area (Å²) in [6.07, 6.45) is 2.70. The molecule has 0 bridgehead atoms. The lowest BCUT2D eigenvalue weighted by Crippen LogP contribution is -2.46. The summed E-state index contributed by atoms with van der Waals surface area (Å²) < 4.78 is 1.30. The van der Waals surface area contributed by atoms with Crippen molar-refractivity contribution in [1.82, 2.24) is 15.1 Å². The first-order chi connectivity index (χ1) is 12.4. The van der Waals surface area contributed by atoms with E-state index in [4.69, 9.17) is 0 Å². The highest BCUT2D eigenvalue weighted by molar-refractivity contribution is 5.83. The van der Waals surface area contributed by atoms with Gasteiger partial charge >= 0.3 is 11.7 Å². The third-order valence-electron chi connectivity index (χ3n) is 4.33. The number of hydrogen-bond donors (Lipinski definition) is 2. The van der Waals surface area contributed by atoms with Crippen LogP contribution in [-0.2, 0) is 21.5 Å². The first kappa shape index (κ1) is 19.1. The van der Waals surface area contributed by atoms with Gasteiger partial charge in [-0.1, -0.05) is 37.3 Å². The molecular weight excluding hydrogens is 340 g/mol. The molecule has 0 saturated heterocycles. The molecule has 1 amide bonds. The summed E-state index contributed by atoms with van der Waals surface area (Å²) in [5.74, 6) is -1.35. The van der Waals surface area contributed by atoms with Crippen molar-refractivity contribution in [1.29, 1.82) is 0 Å². The molecule has 1 heterocycles. The molecule has 0 saturated carbocycles. The van der Waals surface area contributed by atoms with E-state index in [0.29, 0.717) is 12.0 Å². The van der Waals surface area contributed by atoms with E-state index in [0.717, 1.165) is 6.20 Å². The Morgan fingerprint density at radius 3 is 2.58 bits per heavy atom. The van der Waals surface area contributed by atoms with Crippen LogP contribution < -0.4 is 5.32 Å². The Morgan fingerprint density at radius 2 is 2.04 bits per heavy atom. The minimum atomic E-state index is -1.21. The van der Waals surface area contributed by atoms with E-state index in [1.54, 1.807) is 37.3 Å². The molecule has 1 aromatic carbocycles.